The second kappa shape index (κ2) is 8.88. The van der Waals surface area contributed by atoms with Crippen molar-refractivity contribution >= 4 is 31.4 Å². The molecule has 33 heavy (non-hydrogen) atoms. The van der Waals surface area contributed by atoms with Gasteiger partial charge >= 0.3 is 205 Å². The van der Waals surface area contributed by atoms with E-state index in [9.17, 15) is 0 Å². The van der Waals surface area contributed by atoms with Crippen LogP contribution in [0.15, 0.2) is 71.8 Å². The van der Waals surface area contributed by atoms with Crippen LogP contribution in [0.3, 0.4) is 0 Å². The van der Waals surface area contributed by atoms with Crippen LogP contribution in [-0.4, -0.2) is 63.8 Å². The molecular weight excluding hydrogens is 477 g/mol. The Balaban J connectivity index is 1.73. The average molecular weight is 509 g/mol. The molecule has 2 heterocycles. The van der Waals surface area contributed by atoms with Crippen molar-refractivity contribution in [2.45, 2.75) is 32.9 Å². The van der Waals surface area contributed by atoms with Gasteiger partial charge in [0.1, 0.15) is 0 Å². The standard InChI is InChI=1S/C28H31NO3Se/c1-4-30-19-22-18-27(3)23(20-12-8-6-9-13-20)24(26(33)31-5-2)28(27)29(16-17-32-28)25(22)21-14-10-7-11-15-21/h6-15H,4-5,16-19H2,1-3H3. The van der Waals surface area contributed by atoms with Crippen LogP contribution in [0.25, 0.3) is 11.3 Å². The van der Waals surface area contributed by atoms with Crippen LogP contribution in [0.5, 0.6) is 0 Å². The van der Waals surface area contributed by atoms with Crippen LogP contribution >= 0.6 is 0 Å². The fourth-order valence-electron chi connectivity index (χ4n) is 6.00. The van der Waals surface area contributed by atoms with Gasteiger partial charge in [0.15, 0.2) is 0 Å². The van der Waals surface area contributed by atoms with Gasteiger partial charge < -0.3 is 0 Å². The summed E-state index contributed by atoms with van der Waals surface area (Å²) in [6.07, 6.45) is 0.876. The van der Waals surface area contributed by atoms with Crippen molar-refractivity contribution < 1.29 is 14.2 Å². The molecule has 1 aliphatic carbocycles. The van der Waals surface area contributed by atoms with E-state index in [0.717, 1.165) is 23.1 Å². The van der Waals surface area contributed by atoms with Gasteiger partial charge in [-0.3, -0.25) is 0 Å². The SMILES string of the molecule is CCOCC1=C(c2ccccc2)N2CCOC23C(C(=[Se])OCC)=C(c2ccccc2)C3(C)C1. The second-order valence-electron chi connectivity index (χ2n) is 8.94. The summed E-state index contributed by atoms with van der Waals surface area (Å²) in [5.41, 5.74) is 6.67. The Morgan fingerprint density at radius 1 is 1.00 bits per heavy atom. The monoisotopic (exact) mass is 509 g/mol. The summed E-state index contributed by atoms with van der Waals surface area (Å²) in [6.45, 7) is 9.88. The summed E-state index contributed by atoms with van der Waals surface area (Å²) in [5, 5.41) is 0. The number of hydrogen-bond donors (Lipinski definition) is 0. The van der Waals surface area contributed by atoms with Crippen LogP contribution in [0.4, 0.5) is 0 Å². The van der Waals surface area contributed by atoms with Crippen LogP contribution in [0.1, 0.15) is 38.3 Å². The molecule has 0 saturated carbocycles. The van der Waals surface area contributed by atoms with Crippen molar-refractivity contribution in [1.29, 1.82) is 0 Å². The van der Waals surface area contributed by atoms with E-state index in [4.69, 9.17) is 14.2 Å². The number of nitrogens with zero attached hydrogens (tertiary/aromatic N) is 1. The van der Waals surface area contributed by atoms with Gasteiger partial charge in [0.05, 0.1) is 0 Å². The zero-order valence-corrected chi connectivity index (χ0v) is 21.3. The third kappa shape index (κ3) is 3.29. The molecule has 1 fully saturated rings. The number of rotatable bonds is 8. The summed E-state index contributed by atoms with van der Waals surface area (Å²) in [4.78, 5) is 2.48. The zero-order valence-electron chi connectivity index (χ0n) is 19.6. The Morgan fingerprint density at radius 2 is 1.67 bits per heavy atom. The molecule has 3 aliphatic rings. The first-order valence-corrected chi connectivity index (χ1v) is 12.7. The van der Waals surface area contributed by atoms with E-state index >= 15 is 0 Å². The first kappa shape index (κ1) is 22.6. The summed E-state index contributed by atoms with van der Waals surface area (Å²) < 4.78 is 19.7. The predicted molar refractivity (Wildman–Crippen MR) is 134 cm³/mol. The molecule has 2 aromatic rings. The number of ether oxygens (including phenoxy) is 3. The van der Waals surface area contributed by atoms with Gasteiger partial charge in [-0.1, -0.05) is 0 Å². The average Bonchev–Trinajstić information content (AvgIpc) is 3.29. The Bertz CT molecular complexity index is 1110. The van der Waals surface area contributed by atoms with Crippen molar-refractivity contribution in [2.24, 2.45) is 5.41 Å². The molecule has 2 atom stereocenters. The first-order chi connectivity index (χ1) is 16.1. The van der Waals surface area contributed by atoms with E-state index in [-0.39, 0.29) is 5.41 Å². The summed E-state index contributed by atoms with van der Waals surface area (Å²) in [7, 11) is 0. The normalized spacial score (nSPS) is 26.1. The third-order valence-electron chi connectivity index (χ3n) is 7.14. The molecule has 2 aliphatic heterocycles. The van der Waals surface area contributed by atoms with Crippen molar-refractivity contribution in [3.05, 3.63) is 82.9 Å². The molecule has 0 N–H and O–H groups in total. The van der Waals surface area contributed by atoms with Crippen molar-refractivity contribution in [1.82, 2.24) is 4.90 Å². The Hall–Kier alpha value is -2.17. The van der Waals surface area contributed by atoms with Gasteiger partial charge in [-0.25, -0.2) is 0 Å². The molecule has 2 aromatic carbocycles. The number of hydrogen-bond acceptors (Lipinski definition) is 4. The predicted octanol–water partition coefficient (Wildman–Crippen LogP) is 4.68. The fraction of sp³-hybridized carbons (Fsp3) is 0.393. The Kier molecular flexibility index (Phi) is 6.09. The maximum absolute atomic E-state index is 6.76. The van der Waals surface area contributed by atoms with Crippen molar-refractivity contribution in [3.63, 3.8) is 0 Å². The minimum absolute atomic E-state index is 0.225. The van der Waals surface area contributed by atoms with E-state index in [0.29, 0.717) is 26.4 Å². The van der Waals surface area contributed by atoms with E-state index in [1.807, 2.05) is 6.92 Å². The van der Waals surface area contributed by atoms with E-state index in [2.05, 4.69) is 95.0 Å². The van der Waals surface area contributed by atoms with Gasteiger partial charge in [-0.15, -0.1) is 0 Å². The molecule has 0 bridgehead atoms. The second-order valence-corrected chi connectivity index (χ2v) is 9.72. The van der Waals surface area contributed by atoms with Crippen LogP contribution in [0.2, 0.25) is 0 Å². The molecule has 1 spiro atoms. The fourth-order valence-corrected chi connectivity index (χ4v) is 6.75. The first-order valence-electron chi connectivity index (χ1n) is 11.8. The molecular formula is C28H31NO3Se. The molecule has 172 valence electrons. The molecule has 4 nitrogen and oxygen atoms in total. The quantitative estimate of drug-likeness (QED) is 0.485. The Labute approximate surface area is 204 Å². The van der Waals surface area contributed by atoms with Gasteiger partial charge in [-0.05, 0) is 0 Å². The van der Waals surface area contributed by atoms with Crippen LogP contribution in [0, 0.1) is 5.41 Å². The molecule has 2 unspecified atom stereocenters. The van der Waals surface area contributed by atoms with Gasteiger partial charge in [-0.2, -0.15) is 0 Å². The van der Waals surface area contributed by atoms with Gasteiger partial charge in [0.2, 0.25) is 0 Å². The third-order valence-corrected chi connectivity index (χ3v) is 7.81. The van der Waals surface area contributed by atoms with Crippen molar-refractivity contribution in [3.8, 4) is 0 Å². The summed E-state index contributed by atoms with van der Waals surface area (Å²) in [6, 6.07) is 21.4. The summed E-state index contributed by atoms with van der Waals surface area (Å²) >= 11 is 3.23. The van der Waals surface area contributed by atoms with E-state index in [1.165, 1.54) is 28.0 Å². The van der Waals surface area contributed by atoms with Crippen LogP contribution in [-0.2, 0) is 14.2 Å². The van der Waals surface area contributed by atoms with Gasteiger partial charge in [0, 0.05) is 0 Å². The Morgan fingerprint density at radius 3 is 2.30 bits per heavy atom. The topological polar surface area (TPSA) is 30.9 Å². The van der Waals surface area contributed by atoms with Gasteiger partial charge in [0.25, 0.3) is 0 Å². The zero-order chi connectivity index (χ0) is 23.1. The molecule has 0 aromatic heterocycles. The van der Waals surface area contributed by atoms with Crippen LogP contribution < -0.4 is 0 Å². The van der Waals surface area contributed by atoms with E-state index < -0.39 is 5.72 Å². The molecule has 5 rings (SSSR count). The molecule has 1 saturated heterocycles. The molecule has 5 heteroatoms. The number of benzene rings is 2. The van der Waals surface area contributed by atoms with Crippen molar-refractivity contribution in [2.75, 3.05) is 33.0 Å². The minimum atomic E-state index is -0.561. The summed E-state index contributed by atoms with van der Waals surface area (Å²) in [5.74, 6) is 0. The molecule has 0 amide bonds. The van der Waals surface area contributed by atoms with E-state index in [1.54, 1.807) is 0 Å². The molecule has 0 radical (unpaired) electrons. The maximum atomic E-state index is 6.76.